The Labute approximate surface area is 238 Å². The van der Waals surface area contributed by atoms with Crippen molar-refractivity contribution in [2.45, 2.75) is 31.6 Å². The van der Waals surface area contributed by atoms with E-state index in [0.717, 1.165) is 17.0 Å². The summed E-state index contributed by atoms with van der Waals surface area (Å²) in [4.78, 5) is 38.4. The smallest absolute Gasteiger partial charge is 0.251 e. The van der Waals surface area contributed by atoms with E-state index >= 15 is 0 Å². The highest BCUT2D eigenvalue weighted by molar-refractivity contribution is 7.99. The van der Waals surface area contributed by atoms with Crippen LogP contribution in [0.2, 0.25) is 0 Å². The van der Waals surface area contributed by atoms with Crippen LogP contribution in [-0.2, 0) is 16.1 Å². The molecule has 1 N–H and O–H groups in total. The van der Waals surface area contributed by atoms with Gasteiger partial charge in [-0.3, -0.25) is 9.59 Å². The van der Waals surface area contributed by atoms with E-state index in [1.807, 2.05) is 80.6 Å². The second-order valence-corrected chi connectivity index (χ2v) is 10.0. The van der Waals surface area contributed by atoms with Crippen molar-refractivity contribution in [1.29, 1.82) is 0 Å². The van der Waals surface area contributed by atoms with Gasteiger partial charge in [-0.25, -0.2) is 9.97 Å². The van der Waals surface area contributed by atoms with E-state index in [9.17, 15) is 9.59 Å². The molecule has 0 saturated heterocycles. The molecule has 40 heavy (non-hydrogen) atoms. The number of nitrogens with zero attached hydrogens (tertiary/aromatic N) is 3. The quantitative estimate of drug-likeness (QED) is 0.190. The van der Waals surface area contributed by atoms with Crippen LogP contribution in [0.3, 0.4) is 0 Å². The number of ether oxygens (including phenoxy) is 2. The lowest BCUT2D eigenvalue weighted by atomic mass is 10.0. The Hall–Kier alpha value is -4.37. The lowest BCUT2D eigenvalue weighted by molar-refractivity contribution is -0.137. The summed E-state index contributed by atoms with van der Waals surface area (Å²) in [7, 11) is 3.09. The number of thioether (sulfide) groups is 1. The molecule has 1 heterocycles. The van der Waals surface area contributed by atoms with E-state index in [4.69, 9.17) is 9.47 Å². The first-order chi connectivity index (χ1) is 19.4. The Kier molecular flexibility index (Phi) is 9.75. The lowest BCUT2D eigenvalue weighted by Crippen LogP contribution is -2.41. The van der Waals surface area contributed by atoms with Crippen molar-refractivity contribution >= 4 is 29.3 Å². The van der Waals surface area contributed by atoms with Gasteiger partial charge in [0.05, 0.1) is 25.7 Å². The van der Waals surface area contributed by atoms with Crippen molar-refractivity contribution in [2.75, 3.05) is 25.3 Å². The molecular weight excluding hydrogens is 524 g/mol. The average Bonchev–Trinajstić information content (AvgIpc) is 2.96. The van der Waals surface area contributed by atoms with E-state index in [2.05, 4.69) is 15.3 Å². The van der Waals surface area contributed by atoms with E-state index < -0.39 is 6.04 Å². The zero-order valence-corrected chi connectivity index (χ0v) is 23.8. The minimum atomic E-state index is -0.915. The second-order valence-electron chi connectivity index (χ2n) is 9.10. The first-order valence-electron chi connectivity index (χ1n) is 12.7. The van der Waals surface area contributed by atoms with E-state index in [-0.39, 0.29) is 24.1 Å². The highest BCUT2D eigenvalue weighted by Crippen LogP contribution is 2.32. The molecule has 3 aromatic carbocycles. The number of aryl methyl sites for hydroxylation is 2. The largest absolute Gasteiger partial charge is 0.497 e. The van der Waals surface area contributed by atoms with Gasteiger partial charge in [-0.15, -0.1) is 0 Å². The Morgan fingerprint density at radius 1 is 0.875 bits per heavy atom. The van der Waals surface area contributed by atoms with Crippen molar-refractivity contribution in [1.82, 2.24) is 14.9 Å². The van der Waals surface area contributed by atoms with E-state index in [0.29, 0.717) is 27.9 Å². The van der Waals surface area contributed by atoms with Gasteiger partial charge in [0.15, 0.2) is 5.16 Å². The van der Waals surface area contributed by atoms with Gasteiger partial charge in [0.25, 0.3) is 5.91 Å². The molecule has 1 aromatic heterocycles. The molecule has 0 aliphatic heterocycles. The number of hydrogen-bond acceptors (Lipinski definition) is 7. The van der Waals surface area contributed by atoms with Crippen LogP contribution in [0.15, 0.2) is 90.1 Å². The molecule has 0 radical (unpaired) electrons. The number of carbonyl (C=O) groups excluding carboxylic acids is 2. The van der Waals surface area contributed by atoms with Gasteiger partial charge in [0, 0.05) is 24.0 Å². The summed E-state index contributed by atoms with van der Waals surface area (Å²) in [6.07, 6.45) is 0. The lowest BCUT2D eigenvalue weighted by Gasteiger charge is -2.31. The van der Waals surface area contributed by atoms with Gasteiger partial charge in [-0.05, 0) is 43.2 Å². The highest BCUT2D eigenvalue weighted by Gasteiger charge is 2.32. The van der Waals surface area contributed by atoms with Crippen LogP contribution in [0.5, 0.6) is 11.5 Å². The van der Waals surface area contributed by atoms with Crippen LogP contribution in [-0.4, -0.2) is 46.7 Å². The summed E-state index contributed by atoms with van der Waals surface area (Å²) in [6, 6.07) is 25.0. The Bertz CT molecular complexity index is 1430. The number of amides is 2. The third-order valence-corrected chi connectivity index (χ3v) is 6.98. The molecule has 0 bridgehead atoms. The number of carbonyl (C=O) groups is 2. The second kappa shape index (κ2) is 13.6. The molecule has 0 aliphatic rings. The fraction of sp³-hybridized carbons (Fsp3) is 0.226. The van der Waals surface area contributed by atoms with Gasteiger partial charge < -0.3 is 19.7 Å². The van der Waals surface area contributed by atoms with Crippen LogP contribution >= 0.6 is 11.8 Å². The molecule has 8 nitrogen and oxygen atoms in total. The van der Waals surface area contributed by atoms with Crippen molar-refractivity contribution in [3.8, 4) is 11.5 Å². The predicted octanol–water partition coefficient (Wildman–Crippen LogP) is 5.61. The maximum Gasteiger partial charge on any atom is 0.251 e. The number of benzene rings is 3. The van der Waals surface area contributed by atoms with Crippen LogP contribution < -0.4 is 14.8 Å². The first-order valence-corrected chi connectivity index (χ1v) is 13.7. The average molecular weight is 557 g/mol. The molecule has 206 valence electrons. The summed E-state index contributed by atoms with van der Waals surface area (Å²) in [5, 5.41) is 3.50. The Morgan fingerprint density at radius 3 is 2.15 bits per heavy atom. The maximum absolute atomic E-state index is 14.0. The minimum absolute atomic E-state index is 0.0677. The third kappa shape index (κ3) is 7.39. The number of methoxy groups -OCH3 is 2. The molecular formula is C31H32N4O4S. The molecule has 1 unspecified atom stereocenters. The summed E-state index contributed by atoms with van der Waals surface area (Å²) in [5.41, 5.74) is 3.72. The van der Waals surface area contributed by atoms with E-state index in [1.165, 1.54) is 18.9 Å². The van der Waals surface area contributed by atoms with Gasteiger partial charge in [-0.1, -0.05) is 72.4 Å². The molecule has 0 spiro atoms. The summed E-state index contributed by atoms with van der Waals surface area (Å²) < 4.78 is 10.8. The molecule has 0 aliphatic carbocycles. The molecule has 1 atom stereocenters. The van der Waals surface area contributed by atoms with Gasteiger partial charge in [-0.2, -0.15) is 0 Å². The van der Waals surface area contributed by atoms with Crippen molar-refractivity contribution in [2.24, 2.45) is 0 Å². The zero-order valence-electron chi connectivity index (χ0n) is 23.0. The fourth-order valence-corrected chi connectivity index (χ4v) is 5.12. The Balaban J connectivity index is 1.69. The van der Waals surface area contributed by atoms with Crippen LogP contribution in [0, 0.1) is 13.8 Å². The fourth-order valence-electron chi connectivity index (χ4n) is 4.28. The van der Waals surface area contributed by atoms with E-state index in [1.54, 1.807) is 30.2 Å². The normalized spacial score (nSPS) is 11.4. The molecule has 4 aromatic rings. The molecule has 2 amide bonds. The number of hydrogen-bond donors (Lipinski definition) is 1. The van der Waals surface area contributed by atoms with Gasteiger partial charge in [0.2, 0.25) is 5.91 Å². The molecule has 0 fully saturated rings. The number of aromatic nitrogens is 2. The summed E-state index contributed by atoms with van der Waals surface area (Å²) in [5.74, 6) is 0.524. The predicted molar refractivity (Wildman–Crippen MR) is 157 cm³/mol. The van der Waals surface area contributed by atoms with Crippen molar-refractivity contribution < 1.29 is 19.1 Å². The number of nitrogens with one attached hydrogen (secondary N) is 1. The van der Waals surface area contributed by atoms with Crippen LogP contribution in [0.1, 0.15) is 28.6 Å². The van der Waals surface area contributed by atoms with Crippen molar-refractivity contribution in [3.63, 3.8) is 0 Å². The van der Waals surface area contributed by atoms with Gasteiger partial charge >= 0.3 is 0 Å². The molecule has 0 saturated carbocycles. The van der Waals surface area contributed by atoms with Crippen LogP contribution in [0.4, 0.5) is 5.69 Å². The maximum atomic E-state index is 14.0. The third-order valence-electron chi connectivity index (χ3n) is 6.14. The monoisotopic (exact) mass is 556 g/mol. The Morgan fingerprint density at radius 2 is 1.52 bits per heavy atom. The zero-order chi connectivity index (χ0) is 28.5. The summed E-state index contributed by atoms with van der Waals surface area (Å²) in [6.45, 7) is 4.03. The summed E-state index contributed by atoms with van der Waals surface area (Å²) >= 11 is 1.26. The SMILES string of the molecule is COc1ccc(NC(=O)C(c2ccccc2)N(Cc2ccccc2)C(=O)CSc2nc(C)cc(C)n2)c(OC)c1. The molecule has 9 heteroatoms. The first kappa shape index (κ1) is 28.6. The molecule has 4 rings (SSSR count). The standard InChI is InChI=1S/C31H32N4O4S/c1-21-17-22(2)33-31(32-21)40-20-28(36)35(19-23-11-7-5-8-12-23)29(24-13-9-6-10-14-24)30(37)34-26-16-15-25(38-3)18-27(26)39-4/h5-18,29H,19-20H2,1-4H3,(H,34,37). The minimum Gasteiger partial charge on any atom is -0.497 e. The number of anilines is 1. The number of rotatable bonds is 11. The highest BCUT2D eigenvalue weighted by atomic mass is 32.2. The van der Waals surface area contributed by atoms with Crippen molar-refractivity contribution in [3.05, 3.63) is 107 Å². The van der Waals surface area contributed by atoms with Crippen LogP contribution in [0.25, 0.3) is 0 Å². The topological polar surface area (TPSA) is 93.7 Å². The van der Waals surface area contributed by atoms with Gasteiger partial charge in [0.1, 0.15) is 17.5 Å².